The molecule has 5 heteroatoms. The average molecular weight is 499 g/mol. The van der Waals surface area contributed by atoms with Crippen LogP contribution >= 0.6 is 0 Å². The Morgan fingerprint density at radius 2 is 0.972 bits per heavy atom. The summed E-state index contributed by atoms with van der Waals surface area (Å²) < 4.78 is 11.0. The van der Waals surface area contributed by atoms with E-state index in [-0.39, 0.29) is 22.6 Å². The quantitative estimate of drug-likeness (QED) is 0.393. The van der Waals surface area contributed by atoms with Gasteiger partial charge in [0.25, 0.3) is 0 Å². The van der Waals surface area contributed by atoms with Gasteiger partial charge in [0, 0.05) is 22.5 Å². The summed E-state index contributed by atoms with van der Waals surface area (Å²) in [5.74, 6) is -0.176. The molecule has 0 aliphatic rings. The first-order valence-corrected chi connectivity index (χ1v) is 12.8. The summed E-state index contributed by atoms with van der Waals surface area (Å²) >= 11 is 0. The van der Waals surface area contributed by atoms with E-state index in [1.165, 1.54) is 5.56 Å². The van der Waals surface area contributed by atoms with Crippen LogP contribution in [0.25, 0.3) is 0 Å². The van der Waals surface area contributed by atoms with Gasteiger partial charge in [0.05, 0.1) is 17.6 Å². The molecule has 2 aromatic carbocycles. The van der Waals surface area contributed by atoms with Crippen LogP contribution in [0.1, 0.15) is 94.2 Å². The molecule has 2 aromatic rings. The van der Waals surface area contributed by atoms with E-state index in [1.807, 2.05) is 45.0 Å². The molecule has 0 bridgehead atoms. The zero-order valence-corrected chi connectivity index (χ0v) is 24.8. The maximum atomic E-state index is 11.7. The standard InChI is InChI=1S/C16H25NO2.C15H25NO/c1-15(2,3)14(18)19-11-12-7-9-13(10-8-12)17-16(4,5)6;1-14(2,3)16-13-9-7-12(8-10-13)11-17-15(4,5)6/h7-10,17H,11H2,1-6H3;7-10,16H,11H2,1-6H3. The van der Waals surface area contributed by atoms with Crippen molar-refractivity contribution >= 4 is 17.3 Å². The molecule has 0 saturated carbocycles. The topological polar surface area (TPSA) is 59.6 Å². The summed E-state index contributed by atoms with van der Waals surface area (Å²) in [6, 6.07) is 16.4. The second kappa shape index (κ2) is 12.6. The van der Waals surface area contributed by atoms with E-state index in [2.05, 4.69) is 97.2 Å². The highest BCUT2D eigenvalue weighted by molar-refractivity contribution is 5.75. The number of carbonyl (C=O) groups excluding carboxylic acids is 1. The molecule has 0 spiro atoms. The van der Waals surface area contributed by atoms with Gasteiger partial charge < -0.3 is 20.1 Å². The lowest BCUT2D eigenvalue weighted by Gasteiger charge is -2.22. The molecule has 0 atom stereocenters. The molecule has 36 heavy (non-hydrogen) atoms. The molecular formula is C31H50N2O3. The molecule has 0 amide bonds. The Hall–Kier alpha value is -2.53. The number of esters is 1. The third kappa shape index (κ3) is 14.8. The third-order valence-electron chi connectivity index (χ3n) is 4.60. The highest BCUT2D eigenvalue weighted by Crippen LogP contribution is 2.19. The van der Waals surface area contributed by atoms with Crippen molar-refractivity contribution in [2.24, 2.45) is 5.41 Å². The number of benzene rings is 2. The second-order valence-corrected chi connectivity index (χ2v) is 13.4. The Morgan fingerprint density at radius 3 is 1.28 bits per heavy atom. The van der Waals surface area contributed by atoms with Gasteiger partial charge in [0.2, 0.25) is 0 Å². The normalized spacial score (nSPS) is 12.3. The Balaban J connectivity index is 0.000000362. The van der Waals surface area contributed by atoms with Gasteiger partial charge in [0.15, 0.2) is 0 Å². The number of rotatable bonds is 6. The molecule has 2 rings (SSSR count). The molecule has 2 N–H and O–H groups in total. The van der Waals surface area contributed by atoms with Crippen LogP contribution in [-0.2, 0) is 27.5 Å². The van der Waals surface area contributed by atoms with E-state index in [4.69, 9.17) is 9.47 Å². The van der Waals surface area contributed by atoms with E-state index < -0.39 is 5.41 Å². The van der Waals surface area contributed by atoms with Crippen LogP contribution in [0.5, 0.6) is 0 Å². The maximum Gasteiger partial charge on any atom is 0.311 e. The minimum atomic E-state index is -0.451. The summed E-state index contributed by atoms with van der Waals surface area (Å²) in [7, 11) is 0. The fourth-order valence-corrected chi connectivity index (χ4v) is 2.90. The van der Waals surface area contributed by atoms with Crippen molar-refractivity contribution in [1.82, 2.24) is 0 Å². The molecule has 0 unspecified atom stereocenters. The minimum absolute atomic E-state index is 0.0419. The lowest BCUT2D eigenvalue weighted by molar-refractivity contribution is -0.154. The number of carbonyl (C=O) groups is 1. The maximum absolute atomic E-state index is 11.7. The van der Waals surface area contributed by atoms with Gasteiger partial charge in [0.1, 0.15) is 6.61 Å². The summed E-state index contributed by atoms with van der Waals surface area (Å²) in [6.45, 7) is 25.6. The molecule has 202 valence electrons. The van der Waals surface area contributed by atoms with Gasteiger partial charge >= 0.3 is 5.97 Å². The summed E-state index contributed by atoms with van der Waals surface area (Å²) in [5.41, 5.74) is 4.03. The van der Waals surface area contributed by atoms with Crippen molar-refractivity contribution < 1.29 is 14.3 Å². The Bertz CT molecular complexity index is 921. The van der Waals surface area contributed by atoms with E-state index in [1.54, 1.807) is 0 Å². The van der Waals surface area contributed by atoms with Crippen molar-refractivity contribution in [3.8, 4) is 0 Å². The van der Waals surface area contributed by atoms with Crippen LogP contribution in [0.15, 0.2) is 48.5 Å². The highest BCUT2D eigenvalue weighted by atomic mass is 16.5. The number of hydrogen-bond donors (Lipinski definition) is 2. The third-order valence-corrected chi connectivity index (χ3v) is 4.60. The number of hydrogen-bond acceptors (Lipinski definition) is 5. The van der Waals surface area contributed by atoms with Crippen molar-refractivity contribution in [2.45, 2.75) is 113 Å². The molecule has 5 nitrogen and oxygen atoms in total. The Kier molecular flexibility index (Phi) is 11.0. The fraction of sp³-hybridized carbons (Fsp3) is 0.581. The predicted octanol–water partition coefficient (Wildman–Crippen LogP) is 8.20. The van der Waals surface area contributed by atoms with E-state index in [0.717, 1.165) is 16.9 Å². The highest BCUT2D eigenvalue weighted by Gasteiger charge is 2.22. The van der Waals surface area contributed by atoms with Gasteiger partial charge in [-0.25, -0.2) is 0 Å². The van der Waals surface area contributed by atoms with Crippen molar-refractivity contribution in [3.63, 3.8) is 0 Å². The van der Waals surface area contributed by atoms with Crippen molar-refractivity contribution in [1.29, 1.82) is 0 Å². The predicted molar refractivity (Wildman–Crippen MR) is 153 cm³/mol. The molecule has 0 saturated heterocycles. The van der Waals surface area contributed by atoms with Crippen LogP contribution in [0.4, 0.5) is 11.4 Å². The monoisotopic (exact) mass is 498 g/mol. The van der Waals surface area contributed by atoms with Crippen molar-refractivity contribution in [3.05, 3.63) is 59.7 Å². The van der Waals surface area contributed by atoms with Crippen LogP contribution in [-0.4, -0.2) is 22.6 Å². The van der Waals surface area contributed by atoms with Gasteiger partial charge in [-0.05, 0) is 118 Å². The summed E-state index contributed by atoms with van der Waals surface area (Å²) in [4.78, 5) is 11.7. The lowest BCUT2D eigenvalue weighted by Crippen LogP contribution is -2.26. The Morgan fingerprint density at radius 1 is 0.611 bits per heavy atom. The minimum Gasteiger partial charge on any atom is -0.460 e. The van der Waals surface area contributed by atoms with Crippen LogP contribution in [0.2, 0.25) is 0 Å². The molecular weight excluding hydrogens is 448 g/mol. The molecule has 0 heterocycles. The van der Waals surface area contributed by atoms with Crippen molar-refractivity contribution in [2.75, 3.05) is 10.6 Å². The van der Waals surface area contributed by atoms with Gasteiger partial charge in [-0.2, -0.15) is 0 Å². The lowest BCUT2D eigenvalue weighted by atomic mass is 9.97. The summed E-state index contributed by atoms with van der Waals surface area (Å²) in [6.07, 6.45) is 0. The molecule has 0 aliphatic heterocycles. The van der Waals surface area contributed by atoms with E-state index >= 15 is 0 Å². The second-order valence-electron chi connectivity index (χ2n) is 13.4. The van der Waals surface area contributed by atoms with Crippen LogP contribution in [0, 0.1) is 5.41 Å². The fourth-order valence-electron chi connectivity index (χ4n) is 2.90. The summed E-state index contributed by atoms with van der Waals surface area (Å²) in [5, 5.41) is 6.83. The first kappa shape index (κ1) is 31.5. The van der Waals surface area contributed by atoms with Gasteiger partial charge in [-0.3, -0.25) is 4.79 Å². The van der Waals surface area contributed by atoms with Crippen LogP contribution in [0.3, 0.4) is 0 Å². The average Bonchev–Trinajstić information content (AvgIpc) is 2.69. The zero-order valence-electron chi connectivity index (χ0n) is 24.8. The molecule has 0 aliphatic carbocycles. The number of ether oxygens (including phenoxy) is 2. The Labute approximate surface area is 220 Å². The number of anilines is 2. The first-order valence-electron chi connectivity index (χ1n) is 12.8. The molecule has 0 aromatic heterocycles. The smallest absolute Gasteiger partial charge is 0.311 e. The van der Waals surface area contributed by atoms with Crippen LogP contribution < -0.4 is 10.6 Å². The molecule has 0 radical (unpaired) electrons. The first-order chi connectivity index (χ1) is 16.2. The van der Waals surface area contributed by atoms with Gasteiger partial charge in [-0.1, -0.05) is 24.3 Å². The zero-order chi connectivity index (χ0) is 27.8. The van der Waals surface area contributed by atoms with Gasteiger partial charge in [-0.15, -0.1) is 0 Å². The van der Waals surface area contributed by atoms with E-state index in [0.29, 0.717) is 13.2 Å². The largest absolute Gasteiger partial charge is 0.460 e. The molecule has 0 fully saturated rings. The number of nitrogens with one attached hydrogen (secondary N) is 2. The SMILES string of the molecule is CC(C)(C)Nc1ccc(COC(=O)C(C)(C)C)cc1.CC(C)(C)Nc1ccc(COC(C)(C)C)cc1. The van der Waals surface area contributed by atoms with E-state index in [9.17, 15) is 4.79 Å².